The van der Waals surface area contributed by atoms with Gasteiger partial charge in [0.05, 0.1) is 10.6 Å². The van der Waals surface area contributed by atoms with Gasteiger partial charge < -0.3 is 5.32 Å². The maximum Gasteiger partial charge on any atom is 0.265 e. The fourth-order valence-corrected chi connectivity index (χ4v) is 5.75. The number of rotatable bonds is 5. The monoisotopic (exact) mass is 464 g/mol. The molecular weight excluding hydrogens is 440 g/mol. The van der Waals surface area contributed by atoms with Crippen LogP contribution in [0, 0.1) is 11.8 Å². The van der Waals surface area contributed by atoms with E-state index in [1.165, 1.54) is 4.31 Å². The lowest BCUT2D eigenvalue weighted by atomic mass is 9.93. The number of carbonyl (C=O) groups excluding carboxylic acids is 1. The van der Waals surface area contributed by atoms with E-state index < -0.39 is 10.0 Å². The summed E-state index contributed by atoms with van der Waals surface area (Å²) in [6, 6.07) is 12.3. The number of halogens is 1. The van der Waals surface area contributed by atoms with Crippen molar-refractivity contribution in [2.45, 2.75) is 38.6 Å². The van der Waals surface area contributed by atoms with Crippen molar-refractivity contribution in [3.8, 4) is 11.1 Å². The van der Waals surface area contributed by atoms with Gasteiger partial charge in [-0.2, -0.15) is 0 Å². The Hall–Kier alpha value is -1.86. The summed E-state index contributed by atoms with van der Waals surface area (Å²) in [5.41, 5.74) is 1.96. The van der Waals surface area contributed by atoms with Crippen LogP contribution in [-0.2, 0) is 14.8 Å². The minimum Gasteiger partial charge on any atom is -0.351 e. The standard InChI is InChI=1S/C21H25BrN2O3S/c1-13(2)21(14(3)4)23-20(25)12-24-18-10-9-15(22)11-17(18)16-7-5-6-8-19(16)28(24,26)27/h5-11,13-14,21H,12H2,1-4H3,(H,23,25). The molecule has 0 spiro atoms. The van der Waals surface area contributed by atoms with E-state index in [1.807, 2.05) is 39.8 Å². The topological polar surface area (TPSA) is 66.5 Å². The van der Waals surface area contributed by atoms with E-state index in [2.05, 4.69) is 21.2 Å². The van der Waals surface area contributed by atoms with E-state index in [4.69, 9.17) is 0 Å². The first kappa shape index (κ1) is 20.9. The molecule has 150 valence electrons. The van der Waals surface area contributed by atoms with Crippen molar-refractivity contribution in [1.29, 1.82) is 0 Å². The average Bonchev–Trinajstić information content (AvgIpc) is 2.63. The molecule has 0 fully saturated rings. The van der Waals surface area contributed by atoms with Gasteiger partial charge in [0.1, 0.15) is 6.54 Å². The summed E-state index contributed by atoms with van der Waals surface area (Å²) in [6.07, 6.45) is 0. The van der Waals surface area contributed by atoms with Crippen LogP contribution in [0.4, 0.5) is 5.69 Å². The predicted octanol–water partition coefficient (Wildman–Crippen LogP) is 4.42. The summed E-state index contributed by atoms with van der Waals surface area (Å²) in [5, 5.41) is 3.01. The van der Waals surface area contributed by atoms with Crippen LogP contribution in [0.3, 0.4) is 0 Å². The molecule has 1 aliphatic rings. The van der Waals surface area contributed by atoms with Crippen molar-refractivity contribution < 1.29 is 13.2 Å². The first-order chi connectivity index (χ1) is 13.1. The Morgan fingerprint density at radius 1 is 1.04 bits per heavy atom. The molecule has 1 N–H and O–H groups in total. The maximum atomic E-state index is 13.3. The Balaban J connectivity index is 2.01. The summed E-state index contributed by atoms with van der Waals surface area (Å²) in [4.78, 5) is 13.0. The Morgan fingerprint density at radius 2 is 1.68 bits per heavy atom. The van der Waals surface area contributed by atoms with Crippen molar-refractivity contribution in [3.05, 3.63) is 46.9 Å². The number of nitrogens with one attached hydrogen (secondary N) is 1. The highest BCUT2D eigenvalue weighted by Crippen LogP contribution is 2.43. The Morgan fingerprint density at radius 3 is 2.32 bits per heavy atom. The van der Waals surface area contributed by atoms with Crippen LogP contribution in [0.15, 0.2) is 51.8 Å². The number of hydrogen-bond acceptors (Lipinski definition) is 3. The van der Waals surface area contributed by atoms with Crippen molar-refractivity contribution in [2.75, 3.05) is 10.8 Å². The first-order valence-electron chi connectivity index (χ1n) is 9.34. The smallest absolute Gasteiger partial charge is 0.265 e. The van der Waals surface area contributed by atoms with Gasteiger partial charge in [-0.15, -0.1) is 0 Å². The van der Waals surface area contributed by atoms with Crippen molar-refractivity contribution in [3.63, 3.8) is 0 Å². The molecule has 3 rings (SSSR count). The van der Waals surface area contributed by atoms with E-state index in [1.54, 1.807) is 30.3 Å². The van der Waals surface area contributed by atoms with Gasteiger partial charge in [-0.1, -0.05) is 61.8 Å². The zero-order chi connectivity index (χ0) is 20.6. The lowest BCUT2D eigenvalue weighted by Gasteiger charge is -2.33. The summed E-state index contributed by atoms with van der Waals surface area (Å²) in [5.74, 6) is 0.209. The lowest BCUT2D eigenvalue weighted by molar-refractivity contribution is -0.121. The molecule has 7 heteroatoms. The highest BCUT2D eigenvalue weighted by molar-refractivity contribution is 9.10. The normalized spacial score (nSPS) is 14.9. The molecule has 0 saturated heterocycles. The van der Waals surface area contributed by atoms with Crippen LogP contribution in [0.2, 0.25) is 0 Å². The molecule has 0 bridgehead atoms. The second-order valence-electron chi connectivity index (χ2n) is 7.75. The average molecular weight is 465 g/mol. The minimum atomic E-state index is -3.82. The summed E-state index contributed by atoms with van der Waals surface area (Å²) in [6.45, 7) is 7.94. The van der Waals surface area contributed by atoms with Crippen molar-refractivity contribution >= 4 is 37.5 Å². The molecule has 2 aromatic carbocycles. The van der Waals surface area contributed by atoms with E-state index in [9.17, 15) is 13.2 Å². The molecular formula is C21H25BrN2O3S. The van der Waals surface area contributed by atoms with Crippen LogP contribution in [0.25, 0.3) is 11.1 Å². The number of sulfonamides is 1. The van der Waals surface area contributed by atoms with E-state index in [0.29, 0.717) is 11.3 Å². The molecule has 0 radical (unpaired) electrons. The van der Waals surface area contributed by atoms with Gasteiger partial charge in [-0.25, -0.2) is 8.42 Å². The highest BCUT2D eigenvalue weighted by atomic mass is 79.9. The van der Waals surface area contributed by atoms with E-state index in [0.717, 1.165) is 10.0 Å². The third-order valence-electron chi connectivity index (χ3n) is 5.02. The SMILES string of the molecule is CC(C)C(NC(=O)CN1c2ccc(Br)cc2-c2ccccc2S1(=O)=O)C(C)C. The fourth-order valence-electron chi connectivity index (χ4n) is 3.74. The summed E-state index contributed by atoms with van der Waals surface area (Å²) >= 11 is 3.46. The van der Waals surface area contributed by atoms with Gasteiger partial charge in [0.15, 0.2) is 0 Å². The van der Waals surface area contributed by atoms with Crippen LogP contribution in [0.5, 0.6) is 0 Å². The van der Waals surface area contributed by atoms with E-state index in [-0.39, 0.29) is 35.2 Å². The second-order valence-corrected chi connectivity index (χ2v) is 10.5. The lowest BCUT2D eigenvalue weighted by Crippen LogP contribution is -2.48. The summed E-state index contributed by atoms with van der Waals surface area (Å²) < 4.78 is 28.6. The second kappa shape index (κ2) is 7.87. The zero-order valence-corrected chi connectivity index (χ0v) is 18.8. The molecule has 0 aliphatic carbocycles. The highest BCUT2D eigenvalue weighted by Gasteiger charge is 2.36. The van der Waals surface area contributed by atoms with Crippen molar-refractivity contribution in [1.82, 2.24) is 5.32 Å². The van der Waals surface area contributed by atoms with Crippen LogP contribution in [-0.4, -0.2) is 26.9 Å². The zero-order valence-electron chi connectivity index (χ0n) is 16.4. The molecule has 1 heterocycles. The van der Waals surface area contributed by atoms with Crippen LogP contribution in [0.1, 0.15) is 27.7 Å². The molecule has 0 saturated carbocycles. The van der Waals surface area contributed by atoms with Crippen molar-refractivity contribution in [2.24, 2.45) is 11.8 Å². The number of benzene rings is 2. The molecule has 0 unspecified atom stereocenters. The number of fused-ring (bicyclic) bond motifs is 3. The van der Waals surface area contributed by atoms with Gasteiger partial charge in [-0.05, 0) is 36.1 Å². The predicted molar refractivity (Wildman–Crippen MR) is 116 cm³/mol. The Kier molecular flexibility index (Phi) is 5.87. The fraction of sp³-hybridized carbons (Fsp3) is 0.381. The molecule has 28 heavy (non-hydrogen) atoms. The molecule has 5 nitrogen and oxygen atoms in total. The third kappa shape index (κ3) is 3.82. The molecule has 2 aromatic rings. The third-order valence-corrected chi connectivity index (χ3v) is 7.34. The number of hydrogen-bond donors (Lipinski definition) is 1. The maximum absolute atomic E-state index is 13.3. The number of nitrogens with zero attached hydrogens (tertiary/aromatic N) is 1. The molecule has 0 atom stereocenters. The van der Waals surface area contributed by atoms with Crippen LogP contribution >= 0.6 is 15.9 Å². The number of amides is 1. The Labute approximate surface area is 175 Å². The number of anilines is 1. The summed E-state index contributed by atoms with van der Waals surface area (Å²) in [7, 11) is -3.82. The van der Waals surface area contributed by atoms with Crippen LogP contribution < -0.4 is 9.62 Å². The van der Waals surface area contributed by atoms with Gasteiger partial charge in [0, 0.05) is 21.6 Å². The molecule has 1 amide bonds. The largest absolute Gasteiger partial charge is 0.351 e. The first-order valence-corrected chi connectivity index (χ1v) is 11.6. The van der Waals surface area contributed by atoms with Gasteiger partial charge in [-0.3, -0.25) is 9.10 Å². The molecule has 1 aliphatic heterocycles. The number of carbonyl (C=O) groups is 1. The quantitative estimate of drug-likeness (QED) is 0.711. The van der Waals surface area contributed by atoms with Gasteiger partial charge >= 0.3 is 0 Å². The van der Waals surface area contributed by atoms with Gasteiger partial charge in [0.2, 0.25) is 5.91 Å². The molecule has 0 aromatic heterocycles. The van der Waals surface area contributed by atoms with Gasteiger partial charge in [0.25, 0.3) is 10.0 Å². The minimum absolute atomic E-state index is 0.0170. The Bertz CT molecular complexity index is 994. The van der Waals surface area contributed by atoms with E-state index >= 15 is 0 Å².